The lowest BCUT2D eigenvalue weighted by Crippen LogP contribution is -2.28. The Kier molecular flexibility index (Phi) is 7.64. The third-order valence-corrected chi connectivity index (χ3v) is 7.11. The summed E-state index contributed by atoms with van der Waals surface area (Å²) < 4.78 is 64.4. The van der Waals surface area contributed by atoms with Crippen LogP contribution in [0.3, 0.4) is 0 Å². The Hall–Kier alpha value is -4.15. The second kappa shape index (κ2) is 11.1. The Labute approximate surface area is 227 Å². The van der Waals surface area contributed by atoms with Crippen LogP contribution in [0.2, 0.25) is 0 Å². The van der Waals surface area contributed by atoms with E-state index in [-0.39, 0.29) is 18.7 Å². The molecule has 210 valence electrons. The van der Waals surface area contributed by atoms with Gasteiger partial charge in [0, 0.05) is 29.8 Å². The second-order valence-corrected chi connectivity index (χ2v) is 9.96. The largest absolute Gasteiger partial charge is 0.573 e. The number of aromatic nitrogens is 3. The molecule has 1 fully saturated rings. The van der Waals surface area contributed by atoms with Crippen molar-refractivity contribution in [1.29, 1.82) is 0 Å². The van der Waals surface area contributed by atoms with Crippen molar-refractivity contribution < 1.29 is 36.9 Å². The van der Waals surface area contributed by atoms with Gasteiger partial charge in [0.25, 0.3) is 0 Å². The third-order valence-electron chi connectivity index (χ3n) is 7.11. The van der Waals surface area contributed by atoms with Gasteiger partial charge in [0.1, 0.15) is 29.7 Å². The van der Waals surface area contributed by atoms with Crippen molar-refractivity contribution in [3.05, 3.63) is 83.2 Å². The molecule has 0 unspecified atom stereocenters. The van der Waals surface area contributed by atoms with Crippen LogP contribution in [0.4, 0.5) is 17.6 Å². The first-order valence-corrected chi connectivity index (χ1v) is 12.9. The van der Waals surface area contributed by atoms with Crippen LogP contribution in [0.1, 0.15) is 54.2 Å². The van der Waals surface area contributed by atoms with Crippen molar-refractivity contribution >= 4 is 17.0 Å². The summed E-state index contributed by atoms with van der Waals surface area (Å²) in [6.45, 7) is 2.08. The molecular weight excluding hydrogens is 530 g/mol. The number of alkyl halides is 3. The number of hydrogen-bond acceptors (Lipinski definition) is 5. The molecule has 0 radical (unpaired) electrons. The standard InChI is InChI=1S/C29H27F4N3O4/c1-17-6-8-19(34-14-17)16-39-20-10-11-25-26(13-20)36(27(35-25)22-4-2-3-5-23(22)28(37)38)15-18-7-9-21(12-24(18)30)40-29(31,32)33/h6-14,22-23H,2-5,15-16H2,1H3,(H,37,38)/t22-,23+/m1/s1. The van der Waals surface area contributed by atoms with Gasteiger partial charge in [-0.1, -0.05) is 25.0 Å². The number of fused-ring (bicyclic) bond motifs is 1. The van der Waals surface area contributed by atoms with E-state index in [9.17, 15) is 23.1 Å². The molecule has 0 saturated heterocycles. The summed E-state index contributed by atoms with van der Waals surface area (Å²) in [6.07, 6.45) is -0.491. The van der Waals surface area contributed by atoms with Crippen molar-refractivity contribution in [2.75, 3.05) is 0 Å². The molecule has 2 atom stereocenters. The first kappa shape index (κ1) is 27.4. The zero-order chi connectivity index (χ0) is 28.4. The highest BCUT2D eigenvalue weighted by molar-refractivity contribution is 5.79. The Balaban J connectivity index is 1.52. The zero-order valence-electron chi connectivity index (χ0n) is 21.6. The van der Waals surface area contributed by atoms with E-state index in [4.69, 9.17) is 9.72 Å². The van der Waals surface area contributed by atoms with Crippen LogP contribution in [0, 0.1) is 18.7 Å². The molecule has 2 aromatic heterocycles. The summed E-state index contributed by atoms with van der Waals surface area (Å²) in [5.41, 5.74) is 3.02. The lowest BCUT2D eigenvalue weighted by molar-refractivity contribution is -0.274. The SMILES string of the molecule is Cc1ccc(COc2ccc3nc([C@@H]4CCCC[C@@H]4C(=O)O)n(Cc4ccc(OC(F)(F)F)cc4F)c3c2)nc1. The van der Waals surface area contributed by atoms with Crippen LogP contribution in [0.15, 0.2) is 54.7 Å². The molecule has 4 aromatic rings. The Morgan fingerprint density at radius 2 is 1.85 bits per heavy atom. The molecule has 1 aliphatic rings. The van der Waals surface area contributed by atoms with Gasteiger partial charge in [-0.15, -0.1) is 13.2 Å². The van der Waals surface area contributed by atoms with Crippen LogP contribution in [0.5, 0.6) is 11.5 Å². The highest BCUT2D eigenvalue weighted by atomic mass is 19.4. The van der Waals surface area contributed by atoms with Gasteiger partial charge in [-0.05, 0) is 49.6 Å². The minimum Gasteiger partial charge on any atom is -0.487 e. The van der Waals surface area contributed by atoms with Gasteiger partial charge in [-0.2, -0.15) is 0 Å². The topological polar surface area (TPSA) is 86.5 Å². The minimum absolute atomic E-state index is 0.0736. The van der Waals surface area contributed by atoms with Crippen LogP contribution in [-0.4, -0.2) is 32.0 Å². The van der Waals surface area contributed by atoms with E-state index in [1.165, 1.54) is 6.07 Å². The van der Waals surface area contributed by atoms with Crippen molar-refractivity contribution in [3.63, 3.8) is 0 Å². The summed E-state index contributed by atoms with van der Waals surface area (Å²) in [4.78, 5) is 21.2. The molecule has 7 nitrogen and oxygen atoms in total. The van der Waals surface area contributed by atoms with Gasteiger partial charge in [-0.3, -0.25) is 9.78 Å². The Bertz CT molecular complexity index is 1520. The van der Waals surface area contributed by atoms with E-state index in [0.29, 0.717) is 41.5 Å². The summed E-state index contributed by atoms with van der Waals surface area (Å²) >= 11 is 0. The van der Waals surface area contributed by atoms with Crippen molar-refractivity contribution in [1.82, 2.24) is 14.5 Å². The van der Waals surface area contributed by atoms with E-state index in [0.717, 1.165) is 30.2 Å². The molecule has 0 amide bonds. The normalized spacial score (nSPS) is 17.6. The molecule has 11 heteroatoms. The van der Waals surface area contributed by atoms with E-state index in [1.54, 1.807) is 29.0 Å². The van der Waals surface area contributed by atoms with Gasteiger partial charge >= 0.3 is 12.3 Å². The highest BCUT2D eigenvalue weighted by Gasteiger charge is 2.36. The molecule has 0 spiro atoms. The first-order chi connectivity index (χ1) is 19.1. The monoisotopic (exact) mass is 557 g/mol. The number of benzene rings is 2. The quantitative estimate of drug-likeness (QED) is 0.241. The lowest BCUT2D eigenvalue weighted by Gasteiger charge is -2.28. The maximum atomic E-state index is 15.0. The molecule has 2 aromatic carbocycles. The van der Waals surface area contributed by atoms with Gasteiger partial charge in [0.2, 0.25) is 0 Å². The van der Waals surface area contributed by atoms with E-state index in [1.807, 2.05) is 19.1 Å². The number of ether oxygens (including phenoxy) is 2. The molecule has 2 heterocycles. The van der Waals surface area contributed by atoms with Crippen molar-refractivity contribution in [3.8, 4) is 11.5 Å². The molecular formula is C29H27F4N3O4. The number of carboxylic acids is 1. The average Bonchev–Trinajstić information content (AvgIpc) is 3.26. The molecule has 0 bridgehead atoms. The number of imidazole rings is 1. The van der Waals surface area contributed by atoms with E-state index < -0.39 is 35.7 Å². The summed E-state index contributed by atoms with van der Waals surface area (Å²) in [7, 11) is 0. The number of nitrogens with zero attached hydrogens (tertiary/aromatic N) is 3. The number of carboxylic acid groups (broad SMARTS) is 1. The molecule has 1 saturated carbocycles. The average molecular weight is 558 g/mol. The number of carbonyl (C=O) groups is 1. The summed E-state index contributed by atoms with van der Waals surface area (Å²) in [5.74, 6) is -2.52. The predicted octanol–water partition coefficient (Wildman–Crippen LogP) is 6.76. The van der Waals surface area contributed by atoms with Gasteiger partial charge < -0.3 is 19.1 Å². The molecule has 1 aliphatic carbocycles. The van der Waals surface area contributed by atoms with Gasteiger partial charge in [0.05, 0.1) is 29.2 Å². The highest BCUT2D eigenvalue weighted by Crippen LogP contribution is 2.40. The van der Waals surface area contributed by atoms with Gasteiger partial charge in [0.15, 0.2) is 0 Å². The molecule has 5 rings (SSSR count). The zero-order valence-corrected chi connectivity index (χ0v) is 21.6. The van der Waals surface area contributed by atoms with E-state index in [2.05, 4.69) is 9.72 Å². The number of pyridine rings is 1. The summed E-state index contributed by atoms with van der Waals surface area (Å²) in [5, 5.41) is 9.90. The maximum Gasteiger partial charge on any atom is 0.573 e. The van der Waals surface area contributed by atoms with Crippen molar-refractivity contribution in [2.45, 2.75) is 58.0 Å². The van der Waals surface area contributed by atoms with Crippen LogP contribution in [-0.2, 0) is 17.9 Å². The molecule has 0 aliphatic heterocycles. The predicted molar refractivity (Wildman–Crippen MR) is 138 cm³/mol. The first-order valence-electron chi connectivity index (χ1n) is 12.9. The summed E-state index contributed by atoms with van der Waals surface area (Å²) in [6, 6.07) is 12.0. The Morgan fingerprint density at radius 3 is 2.55 bits per heavy atom. The van der Waals surface area contributed by atoms with Gasteiger partial charge in [-0.25, -0.2) is 9.37 Å². The smallest absolute Gasteiger partial charge is 0.487 e. The van der Waals surface area contributed by atoms with Crippen LogP contribution in [0.25, 0.3) is 11.0 Å². The van der Waals surface area contributed by atoms with Crippen molar-refractivity contribution in [2.24, 2.45) is 5.92 Å². The molecule has 40 heavy (non-hydrogen) atoms. The fraction of sp³-hybridized carbons (Fsp3) is 0.345. The number of halogens is 4. The number of aryl methyl sites for hydroxylation is 1. The number of hydrogen-bond donors (Lipinski definition) is 1. The third kappa shape index (κ3) is 6.19. The Morgan fingerprint density at radius 1 is 1.07 bits per heavy atom. The van der Waals surface area contributed by atoms with E-state index >= 15 is 4.39 Å². The van der Waals surface area contributed by atoms with Crippen LogP contribution >= 0.6 is 0 Å². The maximum absolute atomic E-state index is 15.0. The number of aliphatic carboxylic acids is 1. The minimum atomic E-state index is -4.95. The fourth-order valence-corrected chi connectivity index (χ4v) is 5.16. The lowest BCUT2D eigenvalue weighted by atomic mass is 9.78. The van der Waals surface area contributed by atoms with Crippen LogP contribution < -0.4 is 9.47 Å². The second-order valence-electron chi connectivity index (χ2n) is 9.96. The number of rotatable bonds is 8. The molecule has 1 N–H and O–H groups in total. The fourth-order valence-electron chi connectivity index (χ4n) is 5.16.